The molecule has 1 heteroatoms. The average molecular weight is 142 g/mol. The van der Waals surface area contributed by atoms with Crippen LogP contribution < -0.4 is 0 Å². The lowest BCUT2D eigenvalue weighted by atomic mass is 9.90. The van der Waals surface area contributed by atoms with Gasteiger partial charge in [0.2, 0.25) is 0 Å². The van der Waals surface area contributed by atoms with Crippen LogP contribution in [0.3, 0.4) is 0 Å². The van der Waals surface area contributed by atoms with Gasteiger partial charge in [-0.1, -0.05) is 44.7 Å². The van der Waals surface area contributed by atoms with Crippen molar-refractivity contribution in [3.63, 3.8) is 0 Å². The minimum absolute atomic E-state index is 0.346. The molecule has 0 bridgehead atoms. The summed E-state index contributed by atoms with van der Waals surface area (Å²) in [5, 5.41) is 0. The lowest BCUT2D eigenvalue weighted by Crippen LogP contribution is -2.10. The van der Waals surface area contributed by atoms with Gasteiger partial charge in [0, 0.05) is 9.52 Å². The Morgan fingerprint density at radius 2 is 1.67 bits per heavy atom. The maximum Gasteiger partial charge on any atom is 0.0201 e. The molecule has 1 saturated carbocycles. The normalized spacial score (nSPS) is 38.0. The SMILES string of the molecule is C[SiH2]C1CCC(C)CC1. The predicted octanol–water partition coefficient (Wildman–Crippen LogP) is 2.20. The first-order valence-corrected chi connectivity index (χ1v) is 6.56. The quantitative estimate of drug-likeness (QED) is 0.492. The van der Waals surface area contributed by atoms with Gasteiger partial charge in [0.15, 0.2) is 0 Å². The number of rotatable bonds is 1. The molecular weight excluding hydrogens is 124 g/mol. The van der Waals surface area contributed by atoms with E-state index >= 15 is 0 Å². The zero-order valence-electron chi connectivity index (χ0n) is 6.69. The van der Waals surface area contributed by atoms with Crippen molar-refractivity contribution in [2.24, 2.45) is 5.92 Å². The van der Waals surface area contributed by atoms with Gasteiger partial charge in [-0.25, -0.2) is 0 Å². The highest BCUT2D eigenvalue weighted by molar-refractivity contribution is 6.35. The van der Waals surface area contributed by atoms with Gasteiger partial charge in [-0.2, -0.15) is 0 Å². The number of hydrogen-bond donors (Lipinski definition) is 0. The zero-order valence-corrected chi connectivity index (χ0v) is 8.10. The van der Waals surface area contributed by atoms with E-state index in [1.54, 1.807) is 12.8 Å². The molecule has 0 saturated heterocycles. The molecule has 1 aliphatic carbocycles. The maximum absolute atomic E-state index is 2.46. The topological polar surface area (TPSA) is 0 Å². The molecular formula is C8H18Si. The van der Waals surface area contributed by atoms with E-state index in [4.69, 9.17) is 0 Å². The summed E-state index contributed by atoms with van der Waals surface area (Å²) in [6.07, 6.45) is 6.16. The van der Waals surface area contributed by atoms with Gasteiger partial charge in [0.25, 0.3) is 0 Å². The third kappa shape index (κ3) is 2.13. The number of hydrogen-bond acceptors (Lipinski definition) is 0. The van der Waals surface area contributed by atoms with Crippen molar-refractivity contribution in [3.8, 4) is 0 Å². The average Bonchev–Trinajstić information content (AvgIpc) is 1.90. The van der Waals surface area contributed by atoms with Crippen molar-refractivity contribution < 1.29 is 0 Å². The molecule has 0 nitrogen and oxygen atoms in total. The Morgan fingerprint density at radius 3 is 2.11 bits per heavy atom. The van der Waals surface area contributed by atoms with E-state index in [0.29, 0.717) is 9.52 Å². The third-order valence-electron chi connectivity index (χ3n) is 2.71. The van der Waals surface area contributed by atoms with Crippen LogP contribution in [0.5, 0.6) is 0 Å². The van der Waals surface area contributed by atoms with Crippen LogP contribution >= 0.6 is 0 Å². The fourth-order valence-electron chi connectivity index (χ4n) is 1.74. The lowest BCUT2D eigenvalue weighted by molar-refractivity contribution is 0.384. The van der Waals surface area contributed by atoms with Crippen molar-refractivity contribution in [3.05, 3.63) is 0 Å². The van der Waals surface area contributed by atoms with E-state index in [1.807, 2.05) is 0 Å². The highest BCUT2D eigenvalue weighted by Crippen LogP contribution is 2.31. The van der Waals surface area contributed by atoms with E-state index < -0.39 is 0 Å². The van der Waals surface area contributed by atoms with E-state index in [-0.39, 0.29) is 0 Å². The Bertz CT molecular complexity index is 72.6. The summed E-state index contributed by atoms with van der Waals surface area (Å²) in [4.78, 5) is 0. The van der Waals surface area contributed by atoms with Crippen LogP contribution in [-0.2, 0) is 0 Å². The molecule has 1 fully saturated rings. The van der Waals surface area contributed by atoms with Gasteiger partial charge in [-0.15, -0.1) is 0 Å². The van der Waals surface area contributed by atoms with Gasteiger partial charge in [0.1, 0.15) is 0 Å². The lowest BCUT2D eigenvalue weighted by Gasteiger charge is -2.24. The molecule has 0 unspecified atom stereocenters. The molecule has 0 radical (unpaired) electrons. The van der Waals surface area contributed by atoms with Crippen molar-refractivity contribution in [1.82, 2.24) is 0 Å². The standard InChI is InChI=1S/C8H18Si/c1-7-3-5-8(9-2)6-4-7/h7-8H,3-6,9H2,1-2H3. The molecule has 0 atom stereocenters. The Morgan fingerprint density at radius 1 is 1.11 bits per heavy atom. The van der Waals surface area contributed by atoms with Crippen LogP contribution in [0.1, 0.15) is 32.6 Å². The molecule has 0 heterocycles. The highest BCUT2D eigenvalue weighted by Gasteiger charge is 2.15. The summed E-state index contributed by atoms with van der Waals surface area (Å²) in [7, 11) is 0.346. The van der Waals surface area contributed by atoms with E-state index in [9.17, 15) is 0 Å². The minimum atomic E-state index is 0.346. The van der Waals surface area contributed by atoms with Crippen molar-refractivity contribution in [1.29, 1.82) is 0 Å². The van der Waals surface area contributed by atoms with Crippen LogP contribution in [0, 0.1) is 5.92 Å². The smallest absolute Gasteiger partial charge is 0.0201 e. The first-order valence-electron chi connectivity index (χ1n) is 4.33. The highest BCUT2D eigenvalue weighted by atomic mass is 28.2. The summed E-state index contributed by atoms with van der Waals surface area (Å²) < 4.78 is 0. The van der Waals surface area contributed by atoms with E-state index in [0.717, 1.165) is 5.92 Å². The van der Waals surface area contributed by atoms with Crippen molar-refractivity contribution in [2.75, 3.05) is 0 Å². The van der Waals surface area contributed by atoms with E-state index in [1.165, 1.54) is 18.4 Å². The fourth-order valence-corrected chi connectivity index (χ4v) is 3.03. The molecule has 0 N–H and O–H groups in total. The van der Waals surface area contributed by atoms with Gasteiger partial charge >= 0.3 is 0 Å². The van der Waals surface area contributed by atoms with Gasteiger partial charge < -0.3 is 0 Å². The summed E-state index contributed by atoms with van der Waals surface area (Å²) in [6.45, 7) is 4.86. The zero-order chi connectivity index (χ0) is 6.69. The molecule has 1 aliphatic rings. The first-order chi connectivity index (χ1) is 4.33. The molecule has 9 heavy (non-hydrogen) atoms. The van der Waals surface area contributed by atoms with Crippen LogP contribution in [0.25, 0.3) is 0 Å². The summed E-state index contributed by atoms with van der Waals surface area (Å²) >= 11 is 0. The molecule has 0 aromatic heterocycles. The minimum Gasteiger partial charge on any atom is -0.0746 e. The summed E-state index contributed by atoms with van der Waals surface area (Å²) in [6, 6.07) is 0. The Balaban J connectivity index is 2.18. The molecule has 0 spiro atoms. The van der Waals surface area contributed by atoms with Gasteiger partial charge in [-0.05, 0) is 5.92 Å². The van der Waals surface area contributed by atoms with Crippen LogP contribution in [0.15, 0.2) is 0 Å². The first kappa shape index (κ1) is 7.33. The predicted molar refractivity (Wildman–Crippen MR) is 45.8 cm³/mol. The second kappa shape index (κ2) is 3.40. The Kier molecular flexibility index (Phi) is 2.77. The van der Waals surface area contributed by atoms with Crippen LogP contribution in [0.4, 0.5) is 0 Å². The van der Waals surface area contributed by atoms with E-state index in [2.05, 4.69) is 13.5 Å². The molecule has 1 rings (SSSR count). The van der Waals surface area contributed by atoms with Crippen molar-refractivity contribution in [2.45, 2.75) is 44.7 Å². The molecule has 54 valence electrons. The Hall–Kier alpha value is 0.217. The second-order valence-electron chi connectivity index (χ2n) is 3.53. The fraction of sp³-hybridized carbons (Fsp3) is 1.00. The van der Waals surface area contributed by atoms with Crippen LogP contribution in [0.2, 0.25) is 12.1 Å². The molecule has 0 aromatic rings. The van der Waals surface area contributed by atoms with Gasteiger partial charge in [-0.3, -0.25) is 0 Å². The molecule has 0 aromatic carbocycles. The largest absolute Gasteiger partial charge is 0.0746 e. The third-order valence-corrected chi connectivity index (χ3v) is 4.68. The summed E-state index contributed by atoms with van der Waals surface area (Å²) in [5.74, 6) is 1.04. The summed E-state index contributed by atoms with van der Waals surface area (Å²) in [5.41, 5.74) is 1.21. The molecule has 0 aliphatic heterocycles. The van der Waals surface area contributed by atoms with Gasteiger partial charge in [0.05, 0.1) is 0 Å². The Labute approximate surface area is 60.9 Å². The second-order valence-corrected chi connectivity index (χ2v) is 5.51. The van der Waals surface area contributed by atoms with Crippen molar-refractivity contribution >= 4 is 9.52 Å². The van der Waals surface area contributed by atoms with Crippen LogP contribution in [-0.4, -0.2) is 9.52 Å². The monoisotopic (exact) mass is 142 g/mol. The maximum atomic E-state index is 2.46. The molecule has 0 amide bonds.